The van der Waals surface area contributed by atoms with Gasteiger partial charge in [-0.1, -0.05) is 30.3 Å². The van der Waals surface area contributed by atoms with Crippen molar-refractivity contribution in [3.05, 3.63) is 71.5 Å². The smallest absolute Gasteiger partial charge is 0.161 e. The molecule has 2 aromatic carbocycles. The summed E-state index contributed by atoms with van der Waals surface area (Å²) in [7, 11) is 0. The van der Waals surface area contributed by atoms with Gasteiger partial charge >= 0.3 is 0 Å². The summed E-state index contributed by atoms with van der Waals surface area (Å²) >= 11 is 0. The lowest BCUT2D eigenvalue weighted by atomic mass is 10.0. The van der Waals surface area contributed by atoms with Gasteiger partial charge in [-0.3, -0.25) is 4.90 Å². The molecule has 2 aliphatic heterocycles. The summed E-state index contributed by atoms with van der Waals surface area (Å²) in [5, 5.41) is 0. The lowest BCUT2D eigenvalue weighted by Crippen LogP contribution is -2.23. The van der Waals surface area contributed by atoms with E-state index < -0.39 is 0 Å². The molecule has 1 aromatic heterocycles. The summed E-state index contributed by atoms with van der Waals surface area (Å²) in [6.45, 7) is 5.31. The zero-order valence-electron chi connectivity index (χ0n) is 16.7. The molecule has 0 saturated carbocycles. The first-order valence-corrected chi connectivity index (χ1v) is 10.3. The van der Waals surface area contributed by atoms with Crippen LogP contribution in [0, 0.1) is 6.92 Å². The van der Waals surface area contributed by atoms with Crippen LogP contribution in [-0.4, -0.2) is 34.6 Å². The fourth-order valence-corrected chi connectivity index (χ4v) is 4.20. The van der Waals surface area contributed by atoms with Gasteiger partial charge in [0.05, 0.1) is 0 Å². The maximum absolute atomic E-state index is 5.78. The van der Waals surface area contributed by atoms with Crippen molar-refractivity contribution in [3.8, 4) is 22.9 Å². The lowest BCUT2D eigenvalue weighted by Gasteiger charge is -2.26. The molecule has 2 aliphatic rings. The van der Waals surface area contributed by atoms with Crippen molar-refractivity contribution < 1.29 is 9.47 Å². The van der Waals surface area contributed by atoms with E-state index in [1.54, 1.807) is 0 Å². The fraction of sp³-hybridized carbons (Fsp3) is 0.333. The summed E-state index contributed by atoms with van der Waals surface area (Å²) in [6.07, 6.45) is 6.11. The third-order valence-electron chi connectivity index (χ3n) is 5.69. The van der Waals surface area contributed by atoms with Crippen molar-refractivity contribution in [2.45, 2.75) is 32.4 Å². The van der Waals surface area contributed by atoms with Gasteiger partial charge in [0.1, 0.15) is 13.2 Å². The average molecular weight is 387 g/mol. The molecule has 3 aromatic rings. The predicted octanol–water partition coefficient (Wildman–Crippen LogP) is 4.56. The average Bonchev–Trinajstić information content (AvgIpc) is 3.23. The van der Waals surface area contributed by atoms with Crippen LogP contribution in [0.2, 0.25) is 0 Å². The first kappa shape index (κ1) is 18.1. The van der Waals surface area contributed by atoms with E-state index in [0.29, 0.717) is 19.3 Å². The van der Waals surface area contributed by atoms with Gasteiger partial charge in [0.15, 0.2) is 17.3 Å². The van der Waals surface area contributed by atoms with Crippen molar-refractivity contribution in [1.82, 2.24) is 14.9 Å². The van der Waals surface area contributed by atoms with Crippen LogP contribution in [0.25, 0.3) is 11.4 Å². The number of ether oxygens (including phenoxy) is 2. The number of fused-ring (bicyclic) bond motifs is 1. The number of aromatic nitrogens is 2. The van der Waals surface area contributed by atoms with Crippen LogP contribution in [0.15, 0.2) is 54.9 Å². The SMILES string of the molecule is Cc1cnc(-c2ccc(CN3CCCC3c3ccc4c(c3)OCCO4)cc2)nc1. The van der Waals surface area contributed by atoms with E-state index in [1.807, 2.05) is 19.3 Å². The number of nitrogens with zero attached hydrogens (tertiary/aromatic N) is 3. The summed E-state index contributed by atoms with van der Waals surface area (Å²) in [5.74, 6) is 2.51. The molecule has 0 aliphatic carbocycles. The third-order valence-corrected chi connectivity index (χ3v) is 5.69. The van der Waals surface area contributed by atoms with Crippen LogP contribution in [0.5, 0.6) is 11.5 Å². The highest BCUT2D eigenvalue weighted by atomic mass is 16.6. The molecular formula is C24H25N3O2. The maximum Gasteiger partial charge on any atom is 0.161 e. The second kappa shape index (κ2) is 7.84. The molecule has 5 rings (SSSR count). The van der Waals surface area contributed by atoms with E-state index >= 15 is 0 Å². The molecule has 0 bridgehead atoms. The molecule has 1 atom stereocenters. The minimum Gasteiger partial charge on any atom is -0.486 e. The standard InChI is InChI=1S/C24H25N3O2/c1-17-14-25-24(26-15-17)19-6-4-18(5-7-19)16-27-10-2-3-21(27)20-8-9-22-23(13-20)29-12-11-28-22/h4-9,13-15,21H,2-3,10-12,16H2,1H3. The minimum atomic E-state index is 0.422. The number of benzene rings is 2. The Balaban J connectivity index is 1.31. The molecule has 0 radical (unpaired) electrons. The third kappa shape index (κ3) is 3.83. The molecule has 1 fully saturated rings. The Morgan fingerprint density at radius 2 is 1.72 bits per heavy atom. The second-order valence-corrected chi connectivity index (χ2v) is 7.81. The van der Waals surface area contributed by atoms with Gasteiger partial charge < -0.3 is 9.47 Å². The van der Waals surface area contributed by atoms with Gasteiger partial charge in [-0.25, -0.2) is 9.97 Å². The Kier molecular flexibility index (Phi) is 4.90. The van der Waals surface area contributed by atoms with Gasteiger partial charge in [0.2, 0.25) is 0 Å². The normalized spacial score (nSPS) is 18.7. The maximum atomic E-state index is 5.78. The van der Waals surface area contributed by atoms with Gasteiger partial charge in [0, 0.05) is 30.5 Å². The van der Waals surface area contributed by atoms with Gasteiger partial charge in [-0.15, -0.1) is 0 Å². The summed E-state index contributed by atoms with van der Waals surface area (Å²) in [4.78, 5) is 11.4. The first-order valence-electron chi connectivity index (χ1n) is 10.3. The van der Waals surface area contributed by atoms with Crippen molar-refractivity contribution >= 4 is 0 Å². The molecule has 0 amide bonds. The molecule has 1 saturated heterocycles. The van der Waals surface area contributed by atoms with Gasteiger partial charge in [0.25, 0.3) is 0 Å². The molecular weight excluding hydrogens is 362 g/mol. The Morgan fingerprint density at radius 3 is 2.52 bits per heavy atom. The van der Waals surface area contributed by atoms with Crippen molar-refractivity contribution in [2.75, 3.05) is 19.8 Å². The molecule has 5 nitrogen and oxygen atoms in total. The van der Waals surface area contributed by atoms with E-state index in [1.165, 1.54) is 24.0 Å². The number of aryl methyl sites for hydroxylation is 1. The molecule has 0 spiro atoms. The molecule has 1 unspecified atom stereocenters. The van der Waals surface area contributed by atoms with Crippen molar-refractivity contribution in [1.29, 1.82) is 0 Å². The molecule has 148 valence electrons. The van der Waals surface area contributed by atoms with E-state index in [0.717, 1.165) is 41.5 Å². The van der Waals surface area contributed by atoms with E-state index in [9.17, 15) is 0 Å². The summed E-state index contributed by atoms with van der Waals surface area (Å²) in [5.41, 5.74) is 4.75. The Bertz CT molecular complexity index is 986. The topological polar surface area (TPSA) is 47.5 Å². The van der Waals surface area contributed by atoms with Crippen LogP contribution in [-0.2, 0) is 6.54 Å². The number of rotatable bonds is 4. The highest BCUT2D eigenvalue weighted by molar-refractivity contribution is 5.55. The summed E-state index contributed by atoms with van der Waals surface area (Å²) in [6, 6.07) is 15.5. The van der Waals surface area contributed by atoms with Crippen molar-refractivity contribution in [2.24, 2.45) is 0 Å². The second-order valence-electron chi connectivity index (χ2n) is 7.81. The first-order chi connectivity index (χ1) is 14.3. The number of likely N-dealkylation sites (tertiary alicyclic amines) is 1. The van der Waals surface area contributed by atoms with Crippen LogP contribution < -0.4 is 9.47 Å². The van der Waals surface area contributed by atoms with Crippen molar-refractivity contribution in [3.63, 3.8) is 0 Å². The largest absolute Gasteiger partial charge is 0.486 e. The van der Waals surface area contributed by atoms with E-state index in [-0.39, 0.29) is 0 Å². The Hall–Kier alpha value is -2.92. The zero-order valence-corrected chi connectivity index (χ0v) is 16.7. The van der Waals surface area contributed by atoms with E-state index in [2.05, 4.69) is 57.3 Å². The fourth-order valence-electron chi connectivity index (χ4n) is 4.20. The summed E-state index contributed by atoms with van der Waals surface area (Å²) < 4.78 is 11.5. The Labute approximate surface area is 171 Å². The zero-order chi connectivity index (χ0) is 19.6. The number of hydrogen-bond acceptors (Lipinski definition) is 5. The van der Waals surface area contributed by atoms with Gasteiger partial charge in [-0.2, -0.15) is 0 Å². The highest BCUT2D eigenvalue weighted by Gasteiger charge is 2.27. The van der Waals surface area contributed by atoms with E-state index in [4.69, 9.17) is 9.47 Å². The highest BCUT2D eigenvalue weighted by Crippen LogP contribution is 2.38. The van der Waals surface area contributed by atoms with Gasteiger partial charge in [-0.05, 0) is 55.1 Å². The minimum absolute atomic E-state index is 0.422. The quantitative estimate of drug-likeness (QED) is 0.657. The van der Waals surface area contributed by atoms with Crippen LogP contribution >= 0.6 is 0 Å². The molecule has 3 heterocycles. The van der Waals surface area contributed by atoms with Crippen LogP contribution in [0.4, 0.5) is 0 Å². The predicted molar refractivity (Wildman–Crippen MR) is 112 cm³/mol. The van der Waals surface area contributed by atoms with Crippen LogP contribution in [0.1, 0.15) is 35.6 Å². The molecule has 5 heteroatoms. The van der Waals surface area contributed by atoms with Crippen LogP contribution in [0.3, 0.4) is 0 Å². The molecule has 29 heavy (non-hydrogen) atoms. The number of hydrogen-bond donors (Lipinski definition) is 0. The lowest BCUT2D eigenvalue weighted by molar-refractivity contribution is 0.170. The monoisotopic (exact) mass is 387 g/mol. The molecule has 0 N–H and O–H groups in total. The Morgan fingerprint density at radius 1 is 0.966 bits per heavy atom.